The van der Waals surface area contributed by atoms with Crippen LogP contribution in [0.15, 0.2) is 30.3 Å². The van der Waals surface area contributed by atoms with E-state index >= 15 is 0 Å². The van der Waals surface area contributed by atoms with E-state index in [1.54, 1.807) is 0 Å². The highest BCUT2D eigenvalue weighted by Gasteiger charge is 2.21. The van der Waals surface area contributed by atoms with Crippen LogP contribution < -0.4 is 4.57 Å². The summed E-state index contributed by atoms with van der Waals surface area (Å²) in [5, 5.41) is 0. The summed E-state index contributed by atoms with van der Waals surface area (Å²) in [6.45, 7) is 10.3. The van der Waals surface area contributed by atoms with Crippen LogP contribution in [0, 0.1) is 34.6 Å². The Hall–Kier alpha value is -3.08. The van der Waals surface area contributed by atoms with Crippen LogP contribution in [-0.4, -0.2) is 19.5 Å². The van der Waals surface area contributed by atoms with Gasteiger partial charge in [0, 0.05) is 26.5 Å². The molecular formula is C23H26N5+. The first-order valence-electron chi connectivity index (χ1n) is 9.53. The lowest BCUT2D eigenvalue weighted by molar-refractivity contribution is -0.672. The van der Waals surface area contributed by atoms with Crippen molar-refractivity contribution in [2.45, 2.75) is 34.6 Å². The quantitative estimate of drug-likeness (QED) is 0.499. The van der Waals surface area contributed by atoms with E-state index in [1.807, 2.05) is 25.5 Å². The van der Waals surface area contributed by atoms with Gasteiger partial charge in [-0.05, 0) is 49.6 Å². The number of rotatable bonds is 2. The third-order valence-electron chi connectivity index (χ3n) is 5.53. The number of aromatic nitrogens is 5. The largest absolute Gasteiger partial charge is 0.327 e. The molecular weight excluding hydrogens is 346 g/mol. The molecule has 28 heavy (non-hydrogen) atoms. The van der Waals surface area contributed by atoms with E-state index in [4.69, 9.17) is 9.97 Å². The Morgan fingerprint density at radius 1 is 0.893 bits per heavy atom. The van der Waals surface area contributed by atoms with Crippen molar-refractivity contribution in [1.82, 2.24) is 19.5 Å². The topological polar surface area (TPSA) is 47.5 Å². The minimum atomic E-state index is 0.782. The number of hydrogen-bond donors (Lipinski definition) is 0. The van der Waals surface area contributed by atoms with Crippen LogP contribution in [0.1, 0.15) is 28.3 Å². The van der Waals surface area contributed by atoms with Gasteiger partial charge in [-0.2, -0.15) is 0 Å². The number of imidazole rings is 1. The number of benzene rings is 2. The Morgan fingerprint density at radius 2 is 1.61 bits per heavy atom. The fourth-order valence-electron chi connectivity index (χ4n) is 3.95. The molecule has 0 saturated heterocycles. The van der Waals surface area contributed by atoms with Gasteiger partial charge in [0.25, 0.3) is 11.6 Å². The third kappa shape index (κ3) is 2.78. The van der Waals surface area contributed by atoms with Crippen molar-refractivity contribution in [2.24, 2.45) is 14.1 Å². The van der Waals surface area contributed by atoms with Crippen LogP contribution in [0.25, 0.3) is 33.8 Å². The lowest BCUT2D eigenvalue weighted by Crippen LogP contribution is -2.37. The maximum absolute atomic E-state index is 5.00. The van der Waals surface area contributed by atoms with Crippen molar-refractivity contribution < 1.29 is 4.57 Å². The zero-order chi connectivity index (χ0) is 20.2. The van der Waals surface area contributed by atoms with E-state index in [-0.39, 0.29) is 0 Å². The number of hydrogen-bond acceptors (Lipinski definition) is 3. The van der Waals surface area contributed by atoms with Gasteiger partial charge in [0.1, 0.15) is 5.82 Å². The highest BCUT2D eigenvalue weighted by atomic mass is 15.1. The van der Waals surface area contributed by atoms with Crippen molar-refractivity contribution in [3.63, 3.8) is 0 Å². The molecule has 0 N–H and O–H groups in total. The van der Waals surface area contributed by atoms with E-state index < -0.39 is 0 Å². The summed E-state index contributed by atoms with van der Waals surface area (Å²) in [6, 6.07) is 10.7. The molecule has 0 saturated carbocycles. The molecule has 0 unspecified atom stereocenters. The molecule has 0 aliphatic heterocycles. The van der Waals surface area contributed by atoms with Crippen molar-refractivity contribution in [2.75, 3.05) is 0 Å². The Bertz CT molecular complexity index is 1230. The van der Waals surface area contributed by atoms with Gasteiger partial charge in [0.2, 0.25) is 5.82 Å². The number of aryl methyl sites for hydroxylation is 5. The average Bonchev–Trinajstić information content (AvgIpc) is 2.96. The summed E-state index contributed by atoms with van der Waals surface area (Å²) in [6.07, 6.45) is 0. The molecule has 4 rings (SSSR count). The first-order valence-corrected chi connectivity index (χ1v) is 9.53. The normalized spacial score (nSPS) is 11.4. The first kappa shape index (κ1) is 18.3. The van der Waals surface area contributed by atoms with Gasteiger partial charge in [-0.25, -0.2) is 9.55 Å². The maximum Gasteiger partial charge on any atom is 0.274 e. The molecule has 0 amide bonds. The van der Waals surface area contributed by atoms with Crippen LogP contribution in [0.4, 0.5) is 0 Å². The van der Waals surface area contributed by atoms with E-state index in [1.165, 1.54) is 16.7 Å². The maximum atomic E-state index is 5.00. The first-order chi connectivity index (χ1) is 13.3. The number of fused-ring (bicyclic) bond motifs is 1. The van der Waals surface area contributed by atoms with Crippen LogP contribution >= 0.6 is 0 Å². The minimum absolute atomic E-state index is 0.782. The Balaban J connectivity index is 1.97. The minimum Gasteiger partial charge on any atom is -0.327 e. The van der Waals surface area contributed by atoms with Crippen molar-refractivity contribution in [3.8, 4) is 22.8 Å². The van der Waals surface area contributed by atoms with Crippen molar-refractivity contribution in [1.29, 1.82) is 0 Å². The zero-order valence-corrected chi connectivity index (χ0v) is 17.6. The molecule has 0 fully saturated rings. The van der Waals surface area contributed by atoms with Gasteiger partial charge < -0.3 is 4.57 Å². The van der Waals surface area contributed by atoms with Gasteiger partial charge in [-0.3, -0.25) is 0 Å². The molecule has 2 aromatic carbocycles. The van der Waals surface area contributed by atoms with Crippen LogP contribution in [0.5, 0.6) is 0 Å². The highest BCUT2D eigenvalue weighted by Crippen LogP contribution is 2.32. The van der Waals surface area contributed by atoms with E-state index in [0.717, 1.165) is 45.5 Å². The predicted octanol–water partition coefficient (Wildman–Crippen LogP) is 4.06. The molecule has 5 heteroatoms. The fraction of sp³-hybridized carbons (Fsp3) is 0.304. The van der Waals surface area contributed by atoms with Crippen molar-refractivity contribution in [3.05, 3.63) is 58.7 Å². The van der Waals surface area contributed by atoms with Crippen LogP contribution in [0.2, 0.25) is 0 Å². The average molecular weight is 372 g/mol. The smallest absolute Gasteiger partial charge is 0.274 e. The SMILES string of the molecule is Cc1cc(C)c2nc(-c3cccc(-c4nc(C)nc(C)[n+]4C)c3C)n(C)c2c1. The molecule has 0 radical (unpaired) electrons. The van der Waals surface area contributed by atoms with E-state index in [0.29, 0.717) is 0 Å². The lowest BCUT2D eigenvalue weighted by Gasteiger charge is -2.11. The highest BCUT2D eigenvalue weighted by molar-refractivity contribution is 5.85. The second-order valence-corrected chi connectivity index (χ2v) is 7.62. The summed E-state index contributed by atoms with van der Waals surface area (Å²) in [4.78, 5) is 14.2. The van der Waals surface area contributed by atoms with Gasteiger partial charge in [-0.1, -0.05) is 28.2 Å². The summed E-state index contributed by atoms with van der Waals surface area (Å²) in [5.41, 5.74) is 8.09. The van der Waals surface area contributed by atoms with E-state index in [9.17, 15) is 0 Å². The fourth-order valence-corrected chi connectivity index (χ4v) is 3.95. The molecule has 5 nitrogen and oxygen atoms in total. The van der Waals surface area contributed by atoms with Crippen LogP contribution in [0.3, 0.4) is 0 Å². The molecule has 2 aromatic heterocycles. The van der Waals surface area contributed by atoms with Gasteiger partial charge in [0.05, 0.1) is 23.6 Å². The summed E-state index contributed by atoms with van der Waals surface area (Å²) < 4.78 is 4.24. The molecule has 0 spiro atoms. The Labute approximate surface area is 165 Å². The molecule has 0 aliphatic rings. The molecule has 0 aliphatic carbocycles. The molecule has 0 atom stereocenters. The van der Waals surface area contributed by atoms with Crippen molar-refractivity contribution >= 4 is 11.0 Å². The summed E-state index contributed by atoms with van der Waals surface area (Å²) >= 11 is 0. The third-order valence-corrected chi connectivity index (χ3v) is 5.53. The van der Waals surface area contributed by atoms with Gasteiger partial charge >= 0.3 is 0 Å². The van der Waals surface area contributed by atoms with Crippen LogP contribution in [-0.2, 0) is 14.1 Å². The zero-order valence-electron chi connectivity index (χ0n) is 17.6. The Kier molecular flexibility index (Phi) is 4.26. The second-order valence-electron chi connectivity index (χ2n) is 7.62. The van der Waals surface area contributed by atoms with Gasteiger partial charge in [-0.15, -0.1) is 0 Å². The summed E-state index contributed by atoms with van der Waals surface area (Å²) in [5.74, 6) is 3.63. The predicted molar refractivity (Wildman–Crippen MR) is 112 cm³/mol. The molecule has 2 heterocycles. The van der Waals surface area contributed by atoms with Gasteiger partial charge in [0.15, 0.2) is 0 Å². The standard InChI is InChI=1S/C23H26N5/c1-13-11-14(2)21-20(12-13)28(7)23(26-21)19-10-8-9-18(15(19)3)22-25-16(4)24-17(5)27(22)6/h8-12H,1-7H3/q+1. The molecule has 142 valence electrons. The number of nitrogens with zero attached hydrogens (tertiary/aromatic N) is 5. The molecule has 4 aromatic rings. The lowest BCUT2D eigenvalue weighted by atomic mass is 10.0. The molecule has 0 bridgehead atoms. The monoisotopic (exact) mass is 372 g/mol. The van der Waals surface area contributed by atoms with E-state index in [2.05, 4.69) is 67.7 Å². The Morgan fingerprint density at radius 3 is 2.36 bits per heavy atom. The second kappa shape index (κ2) is 6.51. The summed E-state index contributed by atoms with van der Waals surface area (Å²) in [7, 11) is 4.10.